The minimum atomic E-state index is 0.138. The highest BCUT2D eigenvalue weighted by molar-refractivity contribution is 6.03. The number of hydrogen-bond acceptors (Lipinski definition) is 4. The second-order valence-corrected chi connectivity index (χ2v) is 8.37. The molecule has 6 nitrogen and oxygen atoms in total. The number of imidazole rings is 1. The van der Waals surface area contributed by atoms with Crippen LogP contribution in [0.5, 0.6) is 0 Å². The SMILES string of the molecule is CC(C)n1c(CCN2Cc3cccc(N4CCOCC4)c3C2=O)nc2ccccc21. The summed E-state index contributed by atoms with van der Waals surface area (Å²) in [4.78, 5) is 22.4. The normalized spacial score (nSPS) is 16.7. The first-order valence-corrected chi connectivity index (χ1v) is 10.8. The van der Waals surface area contributed by atoms with Gasteiger partial charge in [-0.1, -0.05) is 24.3 Å². The molecule has 3 heterocycles. The molecule has 5 rings (SSSR count). The van der Waals surface area contributed by atoms with Crippen LogP contribution in [0.15, 0.2) is 42.5 Å². The van der Waals surface area contributed by atoms with Gasteiger partial charge in [0.1, 0.15) is 5.82 Å². The summed E-state index contributed by atoms with van der Waals surface area (Å²) in [7, 11) is 0. The van der Waals surface area contributed by atoms with Gasteiger partial charge in [-0.25, -0.2) is 4.98 Å². The van der Waals surface area contributed by atoms with Crippen molar-refractivity contribution in [3.8, 4) is 0 Å². The number of carbonyl (C=O) groups excluding carboxylic acids is 1. The maximum atomic E-state index is 13.3. The fourth-order valence-corrected chi connectivity index (χ4v) is 4.73. The van der Waals surface area contributed by atoms with Gasteiger partial charge < -0.3 is 19.1 Å². The van der Waals surface area contributed by atoms with E-state index in [0.717, 1.165) is 53.2 Å². The van der Waals surface area contributed by atoms with E-state index in [1.807, 2.05) is 11.0 Å². The average molecular weight is 405 g/mol. The van der Waals surface area contributed by atoms with Crippen LogP contribution in [0, 0.1) is 0 Å². The van der Waals surface area contributed by atoms with Crippen molar-refractivity contribution in [1.82, 2.24) is 14.5 Å². The van der Waals surface area contributed by atoms with Gasteiger partial charge in [0.25, 0.3) is 5.91 Å². The first-order chi connectivity index (χ1) is 14.6. The van der Waals surface area contributed by atoms with Crippen molar-refractivity contribution >= 4 is 22.6 Å². The number of hydrogen-bond donors (Lipinski definition) is 0. The summed E-state index contributed by atoms with van der Waals surface area (Å²) in [6.45, 7) is 8.82. The van der Waals surface area contributed by atoms with E-state index >= 15 is 0 Å². The maximum Gasteiger partial charge on any atom is 0.256 e. The van der Waals surface area contributed by atoms with Gasteiger partial charge in [0, 0.05) is 38.6 Å². The molecule has 1 amide bonds. The standard InChI is InChI=1S/C24H28N4O2/c1-17(2)28-20-8-4-3-7-19(20)25-22(28)10-11-27-16-18-6-5-9-21(23(18)24(27)29)26-12-14-30-15-13-26/h3-9,17H,10-16H2,1-2H3. The molecule has 1 fully saturated rings. The highest BCUT2D eigenvalue weighted by Crippen LogP contribution is 2.32. The van der Waals surface area contributed by atoms with Gasteiger partial charge in [-0.2, -0.15) is 0 Å². The minimum Gasteiger partial charge on any atom is -0.378 e. The van der Waals surface area contributed by atoms with Crippen LogP contribution in [0.1, 0.15) is 41.6 Å². The maximum absolute atomic E-state index is 13.3. The van der Waals surface area contributed by atoms with Crippen molar-refractivity contribution < 1.29 is 9.53 Å². The van der Waals surface area contributed by atoms with Crippen molar-refractivity contribution in [2.45, 2.75) is 32.9 Å². The first kappa shape index (κ1) is 19.1. The molecule has 0 bridgehead atoms. The van der Waals surface area contributed by atoms with Crippen molar-refractivity contribution in [2.75, 3.05) is 37.7 Å². The zero-order valence-corrected chi connectivity index (χ0v) is 17.7. The highest BCUT2D eigenvalue weighted by Gasteiger charge is 2.32. The molecule has 2 aromatic carbocycles. The molecule has 0 spiro atoms. The molecular weight excluding hydrogens is 376 g/mol. The van der Waals surface area contributed by atoms with Crippen LogP contribution in [0.4, 0.5) is 5.69 Å². The Morgan fingerprint density at radius 3 is 2.67 bits per heavy atom. The highest BCUT2D eigenvalue weighted by atomic mass is 16.5. The number of aromatic nitrogens is 2. The summed E-state index contributed by atoms with van der Waals surface area (Å²) < 4.78 is 7.78. The molecule has 30 heavy (non-hydrogen) atoms. The lowest BCUT2D eigenvalue weighted by molar-refractivity contribution is 0.0778. The second-order valence-electron chi connectivity index (χ2n) is 8.37. The molecule has 0 atom stereocenters. The molecule has 2 aliphatic heterocycles. The third-order valence-corrected chi connectivity index (χ3v) is 6.13. The first-order valence-electron chi connectivity index (χ1n) is 10.8. The van der Waals surface area contributed by atoms with E-state index in [0.29, 0.717) is 32.3 Å². The Kier molecular flexibility index (Phi) is 4.95. The quantitative estimate of drug-likeness (QED) is 0.651. The Hall–Kier alpha value is -2.86. The third-order valence-electron chi connectivity index (χ3n) is 6.13. The van der Waals surface area contributed by atoms with Crippen LogP contribution < -0.4 is 4.90 Å². The number of amides is 1. The van der Waals surface area contributed by atoms with E-state index < -0.39 is 0 Å². The van der Waals surface area contributed by atoms with Crippen LogP contribution in [0.2, 0.25) is 0 Å². The Balaban J connectivity index is 1.38. The predicted molar refractivity (Wildman–Crippen MR) is 118 cm³/mol. The van der Waals surface area contributed by atoms with Crippen LogP contribution >= 0.6 is 0 Å². The van der Waals surface area contributed by atoms with Crippen LogP contribution in [0.3, 0.4) is 0 Å². The predicted octanol–water partition coefficient (Wildman–Crippen LogP) is 3.65. The fraction of sp³-hybridized carbons (Fsp3) is 0.417. The van der Waals surface area contributed by atoms with E-state index in [1.165, 1.54) is 0 Å². The van der Waals surface area contributed by atoms with Crippen LogP contribution in [-0.2, 0) is 17.7 Å². The van der Waals surface area contributed by atoms with E-state index in [-0.39, 0.29) is 5.91 Å². The monoisotopic (exact) mass is 404 g/mol. The zero-order valence-electron chi connectivity index (χ0n) is 17.7. The van der Waals surface area contributed by atoms with Gasteiger partial charge in [0.2, 0.25) is 0 Å². The number of carbonyl (C=O) groups is 1. The number of anilines is 1. The molecule has 3 aromatic rings. The molecule has 0 aliphatic carbocycles. The lowest BCUT2D eigenvalue weighted by Gasteiger charge is -2.30. The Morgan fingerprint density at radius 1 is 1.07 bits per heavy atom. The van der Waals surface area contributed by atoms with E-state index in [9.17, 15) is 4.79 Å². The van der Waals surface area contributed by atoms with E-state index in [2.05, 4.69) is 59.7 Å². The Labute approximate surface area is 177 Å². The van der Waals surface area contributed by atoms with Gasteiger partial charge in [-0.05, 0) is 37.6 Å². The number of para-hydroxylation sites is 2. The van der Waals surface area contributed by atoms with Crippen molar-refractivity contribution in [3.63, 3.8) is 0 Å². The number of morpholine rings is 1. The molecule has 1 aromatic heterocycles. The second kappa shape index (κ2) is 7.76. The summed E-state index contributed by atoms with van der Waals surface area (Å²) in [5.41, 5.74) is 5.23. The smallest absolute Gasteiger partial charge is 0.256 e. The van der Waals surface area contributed by atoms with Gasteiger partial charge in [0.15, 0.2) is 0 Å². The average Bonchev–Trinajstić information content (AvgIpc) is 3.30. The number of fused-ring (bicyclic) bond motifs is 2. The van der Waals surface area contributed by atoms with E-state index in [1.54, 1.807) is 0 Å². The van der Waals surface area contributed by atoms with Crippen LogP contribution in [0.25, 0.3) is 11.0 Å². The largest absolute Gasteiger partial charge is 0.378 e. The number of rotatable bonds is 5. The number of ether oxygens (including phenoxy) is 1. The van der Waals surface area contributed by atoms with Gasteiger partial charge >= 0.3 is 0 Å². The molecule has 0 N–H and O–H groups in total. The minimum absolute atomic E-state index is 0.138. The molecule has 156 valence electrons. The fourth-order valence-electron chi connectivity index (χ4n) is 4.73. The Morgan fingerprint density at radius 2 is 1.87 bits per heavy atom. The third kappa shape index (κ3) is 3.25. The zero-order chi connectivity index (χ0) is 20.7. The lowest BCUT2D eigenvalue weighted by atomic mass is 10.1. The summed E-state index contributed by atoms with van der Waals surface area (Å²) in [6.07, 6.45) is 0.749. The lowest BCUT2D eigenvalue weighted by Crippen LogP contribution is -2.37. The molecule has 0 radical (unpaired) electrons. The van der Waals surface area contributed by atoms with Crippen LogP contribution in [-0.4, -0.2) is 53.2 Å². The van der Waals surface area contributed by atoms with Gasteiger partial charge in [-0.15, -0.1) is 0 Å². The van der Waals surface area contributed by atoms with Crippen molar-refractivity contribution in [3.05, 3.63) is 59.4 Å². The molecular formula is C24H28N4O2. The number of benzene rings is 2. The van der Waals surface area contributed by atoms with E-state index in [4.69, 9.17) is 9.72 Å². The summed E-state index contributed by atoms with van der Waals surface area (Å²) in [5.74, 6) is 1.18. The number of nitrogens with zero attached hydrogens (tertiary/aromatic N) is 4. The van der Waals surface area contributed by atoms with Gasteiger partial charge in [-0.3, -0.25) is 4.79 Å². The summed E-state index contributed by atoms with van der Waals surface area (Å²) >= 11 is 0. The molecule has 0 saturated carbocycles. The summed E-state index contributed by atoms with van der Waals surface area (Å²) in [6, 6.07) is 14.8. The van der Waals surface area contributed by atoms with Crippen molar-refractivity contribution in [2.24, 2.45) is 0 Å². The van der Waals surface area contributed by atoms with Crippen molar-refractivity contribution in [1.29, 1.82) is 0 Å². The molecule has 1 saturated heterocycles. The Bertz CT molecular complexity index is 1080. The van der Waals surface area contributed by atoms with Gasteiger partial charge in [0.05, 0.1) is 35.5 Å². The summed E-state index contributed by atoms with van der Waals surface area (Å²) in [5, 5.41) is 0. The molecule has 2 aliphatic rings. The molecule has 6 heteroatoms. The molecule has 0 unspecified atom stereocenters. The topological polar surface area (TPSA) is 50.6 Å².